The number of hydrogen-bond acceptors (Lipinski definition) is 4. The number of hydrogen-bond donors (Lipinski definition) is 0. The predicted octanol–water partition coefficient (Wildman–Crippen LogP) is 3.39. The number of benzene rings is 2. The molecule has 0 N–H and O–H groups in total. The average molecular weight is 330 g/mol. The lowest BCUT2D eigenvalue weighted by atomic mass is 10.1. The molecule has 0 bridgehead atoms. The van der Waals surface area contributed by atoms with Gasteiger partial charge in [-0.25, -0.2) is 4.39 Å². The summed E-state index contributed by atoms with van der Waals surface area (Å²) < 4.78 is 18.6. The maximum Gasteiger partial charge on any atom is 0.272 e. The minimum Gasteiger partial charge on any atom is -0.489 e. The Hall–Kier alpha value is -2.89. The Morgan fingerprint density at radius 2 is 1.92 bits per heavy atom. The lowest BCUT2D eigenvalue weighted by Gasteiger charge is -2.22. The maximum absolute atomic E-state index is 12.9. The van der Waals surface area contributed by atoms with E-state index >= 15 is 0 Å². The van der Waals surface area contributed by atoms with Crippen LogP contribution in [0, 0.1) is 5.82 Å². The molecule has 24 heavy (non-hydrogen) atoms. The number of nitrogens with zero attached hydrogens (tertiary/aromatic N) is 2. The highest BCUT2D eigenvalue weighted by Gasteiger charge is 2.15. The van der Waals surface area contributed by atoms with E-state index in [2.05, 4.69) is 9.99 Å². The summed E-state index contributed by atoms with van der Waals surface area (Å²) in [5, 5.41) is 3.51. The van der Waals surface area contributed by atoms with Crippen LogP contribution in [0.25, 0.3) is 0 Å². The largest absolute Gasteiger partial charge is 0.489 e. The van der Waals surface area contributed by atoms with Gasteiger partial charge in [-0.2, -0.15) is 0 Å². The molecule has 126 valence electrons. The first kappa shape index (κ1) is 17.5. The average Bonchev–Trinajstić information content (AvgIpc) is 2.61. The zero-order chi connectivity index (χ0) is 17.4. The Kier molecular flexibility index (Phi) is 6.31. The van der Waals surface area contributed by atoms with E-state index in [1.807, 2.05) is 31.2 Å². The van der Waals surface area contributed by atoms with E-state index in [1.54, 1.807) is 17.0 Å². The van der Waals surface area contributed by atoms with E-state index in [0.717, 1.165) is 17.5 Å². The van der Waals surface area contributed by atoms with Gasteiger partial charge in [0.2, 0.25) is 0 Å². The molecule has 2 aromatic carbocycles. The minimum atomic E-state index is -0.317. The number of para-hydroxylation sites is 1. The summed E-state index contributed by atoms with van der Waals surface area (Å²) in [4.78, 5) is 18.3. The van der Waals surface area contributed by atoms with Crippen molar-refractivity contribution in [1.82, 2.24) is 0 Å². The molecule has 5 nitrogen and oxygen atoms in total. The van der Waals surface area contributed by atoms with Gasteiger partial charge >= 0.3 is 0 Å². The number of carbonyl (C=O) groups excluding carboxylic acids is 1. The van der Waals surface area contributed by atoms with Crippen molar-refractivity contribution >= 4 is 17.8 Å². The van der Waals surface area contributed by atoms with E-state index in [4.69, 9.17) is 4.74 Å². The molecule has 0 spiro atoms. The van der Waals surface area contributed by atoms with Crippen LogP contribution in [0.15, 0.2) is 53.7 Å². The van der Waals surface area contributed by atoms with Crippen molar-refractivity contribution in [1.29, 1.82) is 0 Å². The van der Waals surface area contributed by atoms with Crippen LogP contribution >= 0.6 is 0 Å². The molecule has 2 rings (SSSR count). The van der Waals surface area contributed by atoms with Gasteiger partial charge in [0, 0.05) is 12.1 Å². The molecule has 0 atom stereocenters. The summed E-state index contributed by atoms with van der Waals surface area (Å²) in [7, 11) is 1.38. The highest BCUT2D eigenvalue weighted by molar-refractivity contribution is 6.32. The quantitative estimate of drug-likeness (QED) is 0.577. The number of oxime groups is 1. The Bertz CT molecular complexity index is 702. The van der Waals surface area contributed by atoms with Gasteiger partial charge in [0.1, 0.15) is 31.5 Å². The van der Waals surface area contributed by atoms with Crippen molar-refractivity contribution in [2.45, 2.75) is 13.5 Å². The lowest BCUT2D eigenvalue weighted by molar-refractivity contribution is -0.112. The van der Waals surface area contributed by atoms with E-state index < -0.39 is 0 Å². The number of anilines is 1. The molecule has 0 saturated heterocycles. The van der Waals surface area contributed by atoms with Gasteiger partial charge in [-0.15, -0.1) is 0 Å². The third-order valence-corrected chi connectivity index (χ3v) is 3.34. The summed E-state index contributed by atoms with van der Waals surface area (Å²) in [6.07, 6.45) is 1.13. The summed E-state index contributed by atoms with van der Waals surface area (Å²) in [6, 6.07) is 13.2. The molecule has 0 aliphatic carbocycles. The van der Waals surface area contributed by atoms with E-state index in [0.29, 0.717) is 12.3 Å². The fourth-order valence-electron chi connectivity index (χ4n) is 2.20. The van der Waals surface area contributed by atoms with Crippen molar-refractivity contribution in [2.75, 3.05) is 18.6 Å². The number of ether oxygens (including phenoxy) is 1. The summed E-state index contributed by atoms with van der Waals surface area (Å²) in [5.41, 5.74) is 1.57. The Balaban J connectivity index is 2.17. The lowest BCUT2D eigenvalue weighted by Crippen LogP contribution is -2.32. The Morgan fingerprint density at radius 3 is 2.58 bits per heavy atom. The minimum absolute atomic E-state index is 0.257. The van der Waals surface area contributed by atoms with Gasteiger partial charge in [-0.05, 0) is 37.3 Å². The van der Waals surface area contributed by atoms with Crippen LogP contribution in [0.3, 0.4) is 0 Å². The van der Waals surface area contributed by atoms with Gasteiger partial charge < -0.3 is 14.5 Å². The fraction of sp³-hybridized carbons (Fsp3) is 0.222. The smallest absolute Gasteiger partial charge is 0.272 e. The second-order valence-electron chi connectivity index (χ2n) is 4.87. The van der Waals surface area contributed by atoms with Crippen LogP contribution in [-0.2, 0) is 16.2 Å². The SMILES string of the molecule is CCN(C(=O)C=NOC)c1ccccc1COc1ccc(F)cc1. The topological polar surface area (TPSA) is 51.1 Å². The van der Waals surface area contributed by atoms with E-state index in [1.165, 1.54) is 19.2 Å². The second kappa shape index (κ2) is 8.67. The van der Waals surface area contributed by atoms with Crippen LogP contribution in [0.2, 0.25) is 0 Å². The zero-order valence-corrected chi connectivity index (χ0v) is 13.6. The van der Waals surface area contributed by atoms with Crippen molar-refractivity contribution < 1.29 is 18.8 Å². The molecule has 0 aromatic heterocycles. The summed E-state index contributed by atoms with van der Waals surface area (Å²) in [5.74, 6) is -0.0435. The number of halogens is 1. The van der Waals surface area contributed by atoms with Gasteiger partial charge in [0.25, 0.3) is 5.91 Å². The number of rotatable bonds is 7. The highest BCUT2D eigenvalue weighted by atomic mass is 19.1. The molecule has 0 unspecified atom stereocenters. The first-order valence-electron chi connectivity index (χ1n) is 7.50. The molecular weight excluding hydrogens is 311 g/mol. The van der Waals surface area contributed by atoms with E-state index in [-0.39, 0.29) is 18.3 Å². The van der Waals surface area contributed by atoms with E-state index in [9.17, 15) is 9.18 Å². The van der Waals surface area contributed by atoms with Crippen LogP contribution in [-0.4, -0.2) is 25.8 Å². The van der Waals surface area contributed by atoms with Crippen LogP contribution in [0.4, 0.5) is 10.1 Å². The number of carbonyl (C=O) groups is 1. The van der Waals surface area contributed by atoms with Crippen LogP contribution in [0.1, 0.15) is 12.5 Å². The highest BCUT2D eigenvalue weighted by Crippen LogP contribution is 2.22. The third kappa shape index (κ3) is 4.55. The Labute approximate surface area is 140 Å². The van der Waals surface area contributed by atoms with Crippen molar-refractivity contribution in [2.24, 2.45) is 5.16 Å². The molecule has 2 aromatic rings. The molecule has 0 fully saturated rings. The monoisotopic (exact) mass is 330 g/mol. The molecule has 0 heterocycles. The van der Waals surface area contributed by atoms with Crippen LogP contribution < -0.4 is 9.64 Å². The summed E-state index contributed by atoms with van der Waals surface area (Å²) >= 11 is 0. The van der Waals surface area contributed by atoms with Crippen molar-refractivity contribution in [3.8, 4) is 5.75 Å². The molecular formula is C18H19FN2O3. The number of amides is 1. The molecule has 0 radical (unpaired) electrons. The van der Waals surface area contributed by atoms with Crippen molar-refractivity contribution in [3.05, 3.63) is 59.9 Å². The first-order chi connectivity index (χ1) is 11.7. The summed E-state index contributed by atoms with van der Waals surface area (Å²) in [6.45, 7) is 2.60. The normalized spacial score (nSPS) is 10.6. The Morgan fingerprint density at radius 1 is 1.21 bits per heavy atom. The predicted molar refractivity (Wildman–Crippen MR) is 90.7 cm³/mol. The van der Waals surface area contributed by atoms with Gasteiger partial charge in [0.05, 0.1) is 5.69 Å². The standard InChI is InChI=1S/C18H19FN2O3/c1-3-21(18(22)12-20-23-2)17-7-5-4-6-14(17)13-24-16-10-8-15(19)9-11-16/h4-12H,3,13H2,1-2H3. The fourth-order valence-corrected chi connectivity index (χ4v) is 2.20. The second-order valence-corrected chi connectivity index (χ2v) is 4.87. The molecule has 1 amide bonds. The zero-order valence-electron chi connectivity index (χ0n) is 13.6. The molecule has 0 saturated carbocycles. The maximum atomic E-state index is 12.9. The first-order valence-corrected chi connectivity index (χ1v) is 7.50. The molecule has 0 aliphatic rings. The van der Waals surface area contributed by atoms with Crippen molar-refractivity contribution in [3.63, 3.8) is 0 Å². The molecule has 6 heteroatoms. The third-order valence-electron chi connectivity index (χ3n) is 3.34. The van der Waals surface area contributed by atoms with Gasteiger partial charge in [-0.3, -0.25) is 4.79 Å². The molecule has 0 aliphatic heterocycles. The van der Waals surface area contributed by atoms with Gasteiger partial charge in [0.15, 0.2) is 0 Å². The van der Waals surface area contributed by atoms with Gasteiger partial charge in [-0.1, -0.05) is 23.4 Å². The van der Waals surface area contributed by atoms with Crippen LogP contribution in [0.5, 0.6) is 5.75 Å².